The van der Waals surface area contributed by atoms with E-state index in [0.29, 0.717) is 17.1 Å². The van der Waals surface area contributed by atoms with E-state index < -0.39 is 28.5 Å². The number of amides is 1. The van der Waals surface area contributed by atoms with Crippen molar-refractivity contribution in [1.29, 1.82) is 0 Å². The van der Waals surface area contributed by atoms with Gasteiger partial charge in [0.1, 0.15) is 11.5 Å². The molecule has 4 rings (SSSR count). The SMILES string of the molecule is O=C(Nc1ncc(Cl)cc1C(=O)c1c[nH]nc1-c1ccc(Cl)c(C(F)(F)F)c1)c1cccc(CSCCO)c1. The smallest absolute Gasteiger partial charge is 0.396 e. The maximum Gasteiger partial charge on any atom is 0.417 e. The number of thioether (sulfide) groups is 1. The fourth-order valence-electron chi connectivity index (χ4n) is 3.67. The van der Waals surface area contributed by atoms with E-state index in [-0.39, 0.29) is 39.8 Å². The highest BCUT2D eigenvalue weighted by molar-refractivity contribution is 7.98. The van der Waals surface area contributed by atoms with Gasteiger partial charge in [0, 0.05) is 35.0 Å². The summed E-state index contributed by atoms with van der Waals surface area (Å²) in [6.07, 6.45) is -2.22. The lowest BCUT2D eigenvalue weighted by Crippen LogP contribution is -2.17. The Hall–Kier alpha value is -3.38. The van der Waals surface area contributed by atoms with Crippen molar-refractivity contribution < 1.29 is 27.9 Å². The Morgan fingerprint density at radius 2 is 1.87 bits per heavy atom. The number of alkyl halides is 3. The number of anilines is 1. The van der Waals surface area contributed by atoms with Gasteiger partial charge >= 0.3 is 6.18 Å². The summed E-state index contributed by atoms with van der Waals surface area (Å²) in [4.78, 5) is 30.7. The Kier molecular flexibility index (Phi) is 8.96. The van der Waals surface area contributed by atoms with Crippen LogP contribution in [0.2, 0.25) is 10.0 Å². The Balaban J connectivity index is 1.65. The first-order chi connectivity index (χ1) is 18.6. The second kappa shape index (κ2) is 12.2. The van der Waals surface area contributed by atoms with Crippen LogP contribution in [0.5, 0.6) is 0 Å². The third-order valence-electron chi connectivity index (χ3n) is 5.45. The molecule has 2 aromatic carbocycles. The topological polar surface area (TPSA) is 108 Å². The number of aromatic nitrogens is 3. The van der Waals surface area contributed by atoms with E-state index in [4.69, 9.17) is 28.3 Å². The van der Waals surface area contributed by atoms with Crippen LogP contribution in [-0.2, 0) is 11.9 Å². The molecule has 3 N–H and O–H groups in total. The van der Waals surface area contributed by atoms with E-state index in [2.05, 4.69) is 20.5 Å². The minimum atomic E-state index is -4.71. The van der Waals surface area contributed by atoms with Crippen molar-refractivity contribution >= 4 is 52.5 Å². The Morgan fingerprint density at radius 1 is 1.08 bits per heavy atom. The van der Waals surface area contributed by atoms with Crippen LogP contribution in [0.1, 0.15) is 37.4 Å². The summed E-state index contributed by atoms with van der Waals surface area (Å²) in [5.74, 6) is -0.155. The van der Waals surface area contributed by atoms with Gasteiger partial charge in [0.15, 0.2) is 0 Å². The van der Waals surface area contributed by atoms with Crippen LogP contribution in [0.15, 0.2) is 60.9 Å². The van der Waals surface area contributed by atoms with Gasteiger partial charge in [-0.1, -0.05) is 41.4 Å². The first-order valence-corrected chi connectivity index (χ1v) is 13.2. The van der Waals surface area contributed by atoms with Crippen LogP contribution in [0.25, 0.3) is 11.3 Å². The highest BCUT2D eigenvalue weighted by atomic mass is 35.5. The quantitative estimate of drug-likeness (QED) is 0.151. The number of pyridine rings is 1. The van der Waals surface area contributed by atoms with Crippen LogP contribution in [0, 0.1) is 0 Å². The average molecular weight is 595 g/mol. The van der Waals surface area contributed by atoms with E-state index in [0.717, 1.165) is 17.7 Å². The van der Waals surface area contributed by atoms with Gasteiger partial charge in [0.2, 0.25) is 5.78 Å². The molecule has 0 atom stereocenters. The van der Waals surface area contributed by atoms with Gasteiger partial charge in [-0.15, -0.1) is 0 Å². The maximum absolute atomic E-state index is 13.6. The molecule has 0 saturated carbocycles. The van der Waals surface area contributed by atoms with E-state index >= 15 is 0 Å². The van der Waals surface area contributed by atoms with Crippen LogP contribution in [0.4, 0.5) is 19.0 Å². The molecule has 0 bridgehead atoms. The number of benzene rings is 2. The number of aliphatic hydroxyl groups excluding tert-OH is 1. The van der Waals surface area contributed by atoms with E-state index in [1.807, 2.05) is 6.07 Å². The van der Waals surface area contributed by atoms with Crippen molar-refractivity contribution in [3.05, 3.63) is 98.8 Å². The molecule has 39 heavy (non-hydrogen) atoms. The number of aromatic amines is 1. The van der Waals surface area contributed by atoms with E-state index in [1.54, 1.807) is 18.2 Å². The number of nitrogens with zero attached hydrogens (tertiary/aromatic N) is 2. The van der Waals surface area contributed by atoms with Gasteiger partial charge in [0.05, 0.1) is 33.3 Å². The standard InChI is InChI=1S/C26H19Cl2F3N4O3S/c27-17-10-18(24(32-11-17)34-25(38)16-3-1-2-14(8-16)13-39-7-6-36)23(37)19-12-33-35-22(19)15-4-5-21(28)20(9-15)26(29,30)31/h1-5,8-12,36H,6-7,13H2,(H,33,35)(H,32,34,38). The van der Waals surface area contributed by atoms with Gasteiger partial charge < -0.3 is 10.4 Å². The summed E-state index contributed by atoms with van der Waals surface area (Å²) in [7, 11) is 0. The monoisotopic (exact) mass is 594 g/mol. The van der Waals surface area contributed by atoms with Gasteiger partial charge in [-0.3, -0.25) is 14.7 Å². The molecule has 0 aliphatic heterocycles. The lowest BCUT2D eigenvalue weighted by atomic mass is 9.99. The van der Waals surface area contributed by atoms with Gasteiger partial charge in [-0.25, -0.2) is 4.98 Å². The highest BCUT2D eigenvalue weighted by Gasteiger charge is 2.34. The molecule has 0 aliphatic rings. The predicted molar refractivity (Wildman–Crippen MR) is 144 cm³/mol. The first kappa shape index (κ1) is 28.6. The summed E-state index contributed by atoms with van der Waals surface area (Å²) >= 11 is 13.3. The number of carbonyl (C=O) groups excluding carboxylic acids is 2. The number of ketones is 1. The summed E-state index contributed by atoms with van der Waals surface area (Å²) in [6.45, 7) is 0.0454. The van der Waals surface area contributed by atoms with Crippen molar-refractivity contribution in [2.75, 3.05) is 17.7 Å². The maximum atomic E-state index is 13.6. The largest absolute Gasteiger partial charge is 0.417 e. The van der Waals surface area contributed by atoms with Crippen molar-refractivity contribution in [2.24, 2.45) is 0 Å². The summed E-state index contributed by atoms with van der Waals surface area (Å²) in [5, 5.41) is 17.7. The normalized spacial score (nSPS) is 11.4. The fourth-order valence-corrected chi connectivity index (χ4v) is 4.74. The number of H-pyrrole nitrogens is 1. The molecule has 0 aliphatic carbocycles. The van der Waals surface area contributed by atoms with E-state index in [9.17, 15) is 22.8 Å². The lowest BCUT2D eigenvalue weighted by molar-refractivity contribution is -0.137. The Bertz CT molecular complexity index is 1530. The number of halogens is 5. The molecular weight excluding hydrogens is 576 g/mol. The third kappa shape index (κ3) is 6.80. The minimum Gasteiger partial charge on any atom is -0.396 e. The molecule has 4 aromatic rings. The van der Waals surface area contributed by atoms with Crippen LogP contribution < -0.4 is 5.32 Å². The van der Waals surface area contributed by atoms with Crippen LogP contribution in [0.3, 0.4) is 0 Å². The minimum absolute atomic E-state index is 0.00720. The summed E-state index contributed by atoms with van der Waals surface area (Å²) < 4.78 is 40.2. The molecule has 0 unspecified atom stereocenters. The van der Waals surface area contributed by atoms with Crippen LogP contribution >= 0.6 is 35.0 Å². The van der Waals surface area contributed by atoms with Crippen molar-refractivity contribution in [1.82, 2.24) is 15.2 Å². The summed E-state index contributed by atoms with van der Waals surface area (Å²) in [5.41, 5.74) is -0.0772. The molecule has 7 nitrogen and oxygen atoms in total. The second-order valence-corrected chi connectivity index (χ2v) is 10.1. The molecule has 0 saturated heterocycles. The number of rotatable bonds is 9. The Morgan fingerprint density at radius 3 is 2.62 bits per heavy atom. The molecule has 0 radical (unpaired) electrons. The molecule has 2 heterocycles. The number of hydrogen-bond donors (Lipinski definition) is 3. The third-order valence-corrected chi connectivity index (χ3v) is 7.00. The Labute approximate surface area is 234 Å². The van der Waals surface area contributed by atoms with Gasteiger partial charge in [-0.2, -0.15) is 30.0 Å². The van der Waals surface area contributed by atoms with Crippen molar-refractivity contribution in [3.63, 3.8) is 0 Å². The molecule has 13 heteroatoms. The zero-order valence-corrected chi connectivity index (χ0v) is 22.2. The van der Waals surface area contributed by atoms with Crippen molar-refractivity contribution in [3.8, 4) is 11.3 Å². The molecule has 202 valence electrons. The molecule has 1 amide bonds. The highest BCUT2D eigenvalue weighted by Crippen LogP contribution is 2.38. The predicted octanol–water partition coefficient (Wildman–Crippen LogP) is 6.51. The van der Waals surface area contributed by atoms with Gasteiger partial charge in [0.25, 0.3) is 5.91 Å². The number of hydrogen-bond acceptors (Lipinski definition) is 6. The zero-order chi connectivity index (χ0) is 28.2. The number of nitrogens with one attached hydrogen (secondary N) is 2. The fraction of sp³-hybridized carbons (Fsp3) is 0.154. The van der Waals surface area contributed by atoms with Crippen LogP contribution in [-0.4, -0.2) is 44.3 Å². The molecule has 0 spiro atoms. The molecular formula is C26H19Cl2F3N4O3S. The molecule has 2 aromatic heterocycles. The van der Waals surface area contributed by atoms with E-state index in [1.165, 1.54) is 36.3 Å². The van der Waals surface area contributed by atoms with Crippen molar-refractivity contribution in [2.45, 2.75) is 11.9 Å². The van der Waals surface area contributed by atoms with Gasteiger partial charge in [-0.05, 0) is 35.9 Å². The first-order valence-electron chi connectivity index (χ1n) is 11.3. The number of aliphatic hydroxyl groups is 1. The zero-order valence-electron chi connectivity index (χ0n) is 19.9. The molecule has 0 fully saturated rings. The second-order valence-electron chi connectivity index (χ2n) is 8.15. The average Bonchev–Trinajstić information content (AvgIpc) is 3.39. The lowest BCUT2D eigenvalue weighted by Gasteiger charge is -2.12. The number of carbonyl (C=O) groups is 2. The summed E-state index contributed by atoms with van der Waals surface area (Å²) in [6, 6.07) is 11.3.